The van der Waals surface area contributed by atoms with Crippen LogP contribution in [-0.2, 0) is 33.2 Å². The van der Waals surface area contributed by atoms with E-state index in [1.807, 2.05) is 6.08 Å². The van der Waals surface area contributed by atoms with E-state index in [0.717, 1.165) is 64.2 Å². The van der Waals surface area contributed by atoms with Crippen molar-refractivity contribution in [3.8, 4) is 0 Å². The third kappa shape index (κ3) is 23.8. The SMILES string of the molecule is CCC/C=C/CC/C=C/CC/C=C/C(O)C(COC1OC(CO)C(OC2OC(CO)C(OC3OC(CO)C(O)C(O)C3O)C(O)C2O)C(O)C1O)NC(=O)CCCCCCCCC/C=C\CCCCCCCCC. The van der Waals surface area contributed by atoms with Crippen LogP contribution in [0.15, 0.2) is 48.6 Å². The fourth-order valence-corrected chi connectivity index (χ4v) is 9.16. The van der Waals surface area contributed by atoms with Gasteiger partial charge in [-0.15, -0.1) is 0 Å². The van der Waals surface area contributed by atoms with Crippen molar-refractivity contribution < 1.29 is 89.4 Å². The van der Waals surface area contributed by atoms with Gasteiger partial charge in [-0.3, -0.25) is 4.79 Å². The number of allylic oxidation sites excluding steroid dienone is 7. The molecule has 3 aliphatic heterocycles. The van der Waals surface area contributed by atoms with Gasteiger partial charge in [0.2, 0.25) is 5.91 Å². The summed E-state index contributed by atoms with van der Waals surface area (Å²) in [6.07, 6.45) is 14.0. The second-order valence-electron chi connectivity index (χ2n) is 20.0. The number of aliphatic hydroxyl groups is 11. The van der Waals surface area contributed by atoms with Gasteiger partial charge in [0.1, 0.15) is 73.2 Å². The molecule has 0 aliphatic carbocycles. The Bertz CT molecular complexity index is 1550. The van der Waals surface area contributed by atoms with Gasteiger partial charge in [0.05, 0.1) is 38.6 Å². The summed E-state index contributed by atoms with van der Waals surface area (Å²) >= 11 is 0. The fourth-order valence-electron chi connectivity index (χ4n) is 9.16. The van der Waals surface area contributed by atoms with Crippen LogP contribution in [0.2, 0.25) is 0 Å². The van der Waals surface area contributed by atoms with Crippen molar-refractivity contribution in [1.82, 2.24) is 5.32 Å². The molecule has 0 bridgehead atoms. The second kappa shape index (κ2) is 39.2. The first-order valence-corrected chi connectivity index (χ1v) is 27.9. The minimum atomic E-state index is -1.98. The van der Waals surface area contributed by atoms with Gasteiger partial charge in [0.15, 0.2) is 18.9 Å². The van der Waals surface area contributed by atoms with Gasteiger partial charge in [0.25, 0.3) is 0 Å². The molecule has 19 heteroatoms. The van der Waals surface area contributed by atoms with E-state index in [0.29, 0.717) is 12.8 Å². The van der Waals surface area contributed by atoms with Gasteiger partial charge >= 0.3 is 0 Å². The Morgan fingerprint density at radius 2 is 0.892 bits per heavy atom. The van der Waals surface area contributed by atoms with E-state index >= 15 is 0 Å². The zero-order valence-electron chi connectivity index (χ0n) is 44.3. The van der Waals surface area contributed by atoms with E-state index in [9.17, 15) is 61.0 Å². The lowest BCUT2D eigenvalue weighted by atomic mass is 9.96. The van der Waals surface area contributed by atoms with Gasteiger partial charge in [-0.05, 0) is 64.2 Å². The summed E-state index contributed by atoms with van der Waals surface area (Å²) in [5.41, 5.74) is 0. The molecule has 0 radical (unpaired) electrons. The van der Waals surface area contributed by atoms with E-state index in [1.54, 1.807) is 6.08 Å². The van der Waals surface area contributed by atoms with Crippen molar-refractivity contribution in [2.75, 3.05) is 26.4 Å². The predicted molar refractivity (Wildman–Crippen MR) is 277 cm³/mol. The molecule has 3 saturated heterocycles. The van der Waals surface area contributed by atoms with E-state index in [4.69, 9.17) is 28.4 Å². The van der Waals surface area contributed by atoms with Crippen LogP contribution in [0.1, 0.15) is 162 Å². The average molecular weight is 1060 g/mol. The number of rotatable bonds is 39. The summed E-state index contributed by atoms with van der Waals surface area (Å²) in [7, 11) is 0. The molecule has 0 saturated carbocycles. The highest BCUT2D eigenvalue weighted by atomic mass is 16.8. The number of hydrogen-bond acceptors (Lipinski definition) is 18. The van der Waals surface area contributed by atoms with Crippen LogP contribution in [0.5, 0.6) is 0 Å². The van der Waals surface area contributed by atoms with Crippen molar-refractivity contribution in [1.29, 1.82) is 0 Å². The van der Waals surface area contributed by atoms with Crippen LogP contribution in [-0.4, -0.2) is 193 Å². The molecule has 3 rings (SSSR count). The van der Waals surface area contributed by atoms with Crippen molar-refractivity contribution in [2.45, 2.75) is 266 Å². The normalized spacial score (nSPS) is 31.8. The third-order valence-electron chi connectivity index (χ3n) is 13.8. The summed E-state index contributed by atoms with van der Waals surface area (Å²) in [5, 5.41) is 120. The number of hydrogen-bond donors (Lipinski definition) is 12. The Morgan fingerprint density at radius 1 is 0.473 bits per heavy atom. The first kappa shape index (κ1) is 66.0. The number of carbonyl (C=O) groups is 1. The zero-order valence-corrected chi connectivity index (χ0v) is 44.3. The lowest BCUT2D eigenvalue weighted by Gasteiger charge is -2.48. The monoisotopic (exact) mass is 1060 g/mol. The van der Waals surface area contributed by atoms with Crippen LogP contribution in [0, 0.1) is 0 Å². The molecule has 17 atom stereocenters. The first-order valence-electron chi connectivity index (χ1n) is 27.9. The van der Waals surface area contributed by atoms with Crippen LogP contribution in [0.4, 0.5) is 0 Å². The van der Waals surface area contributed by atoms with E-state index in [1.165, 1.54) is 64.2 Å². The average Bonchev–Trinajstić information content (AvgIpc) is 3.40. The molecule has 19 nitrogen and oxygen atoms in total. The maximum absolute atomic E-state index is 13.3. The van der Waals surface area contributed by atoms with Gasteiger partial charge in [-0.25, -0.2) is 0 Å². The predicted octanol–water partition coefficient (Wildman–Crippen LogP) is 3.53. The second-order valence-corrected chi connectivity index (χ2v) is 20.0. The molecule has 3 aliphatic rings. The summed E-state index contributed by atoms with van der Waals surface area (Å²) < 4.78 is 34.1. The Morgan fingerprint density at radius 3 is 1.41 bits per heavy atom. The molecule has 0 aromatic rings. The quantitative estimate of drug-likeness (QED) is 0.0310. The largest absolute Gasteiger partial charge is 0.394 e. The molecule has 0 spiro atoms. The third-order valence-corrected chi connectivity index (χ3v) is 13.8. The van der Waals surface area contributed by atoms with E-state index < -0.39 is 124 Å². The van der Waals surface area contributed by atoms with Crippen molar-refractivity contribution >= 4 is 5.91 Å². The van der Waals surface area contributed by atoms with Gasteiger partial charge in [-0.2, -0.15) is 0 Å². The topological polar surface area (TPSA) is 307 Å². The molecule has 3 heterocycles. The maximum atomic E-state index is 13.3. The van der Waals surface area contributed by atoms with Gasteiger partial charge in [0, 0.05) is 6.42 Å². The van der Waals surface area contributed by atoms with Gasteiger partial charge in [-0.1, -0.05) is 140 Å². The fraction of sp³-hybridized carbons (Fsp3) is 0.836. The molecule has 3 fully saturated rings. The molecule has 17 unspecified atom stereocenters. The van der Waals surface area contributed by atoms with Crippen LogP contribution < -0.4 is 5.32 Å². The van der Waals surface area contributed by atoms with Crippen LogP contribution >= 0.6 is 0 Å². The lowest BCUT2D eigenvalue weighted by Crippen LogP contribution is -2.66. The highest BCUT2D eigenvalue weighted by Gasteiger charge is 2.53. The van der Waals surface area contributed by atoms with Gasteiger partial charge < -0.3 is 89.9 Å². The van der Waals surface area contributed by atoms with Crippen LogP contribution in [0.3, 0.4) is 0 Å². The minimum absolute atomic E-state index is 0.226. The number of unbranched alkanes of at least 4 members (excludes halogenated alkanes) is 17. The molecule has 12 N–H and O–H groups in total. The van der Waals surface area contributed by atoms with E-state index in [-0.39, 0.29) is 18.9 Å². The zero-order chi connectivity index (χ0) is 54.1. The minimum Gasteiger partial charge on any atom is -0.394 e. The Kier molecular flexibility index (Phi) is 34.9. The number of amides is 1. The summed E-state index contributed by atoms with van der Waals surface area (Å²) in [6.45, 7) is 1.58. The summed E-state index contributed by atoms with van der Waals surface area (Å²) in [5.74, 6) is -0.299. The molecule has 74 heavy (non-hydrogen) atoms. The first-order chi connectivity index (χ1) is 35.8. The lowest BCUT2D eigenvalue weighted by molar-refractivity contribution is -0.379. The smallest absolute Gasteiger partial charge is 0.220 e. The molecule has 0 aromatic heterocycles. The van der Waals surface area contributed by atoms with E-state index in [2.05, 4.69) is 55.6 Å². The summed E-state index contributed by atoms with van der Waals surface area (Å²) in [6, 6.07) is -0.996. The Balaban J connectivity index is 1.53. The number of nitrogens with one attached hydrogen (secondary N) is 1. The highest BCUT2D eigenvalue weighted by molar-refractivity contribution is 5.76. The number of aliphatic hydroxyl groups excluding tert-OH is 11. The number of carbonyl (C=O) groups excluding carboxylic acids is 1. The standard InChI is InChI=1S/C55H97NO18/c1-3-5-7-9-11-13-15-16-17-18-19-20-21-23-25-27-29-31-33-43(61)56-38(39(60)32-30-28-26-24-22-14-12-10-8-6-4-2)37-69-53-49(67)46(64)51(41(35-58)71-53)74-55-50(68)47(65)52(42(36-59)72-55)73-54-48(66)45(63)44(62)40(34-57)70-54/h8,10,17-18,22,24,30,32,38-42,44-55,57-60,62-68H,3-7,9,11-16,19-21,23,25-29,31,33-37H2,1-2H3,(H,56,61)/b10-8+,18-17-,24-22+,32-30+. The molecular weight excluding hydrogens is 963 g/mol. The number of ether oxygens (including phenoxy) is 6. The molecular formula is C55H97NO18. The van der Waals surface area contributed by atoms with Crippen molar-refractivity contribution in [2.24, 2.45) is 0 Å². The van der Waals surface area contributed by atoms with Crippen LogP contribution in [0.25, 0.3) is 0 Å². The Labute approximate surface area is 440 Å². The molecule has 1 amide bonds. The Hall–Kier alpha value is -2.25. The summed E-state index contributed by atoms with van der Waals surface area (Å²) in [4.78, 5) is 13.3. The van der Waals surface area contributed by atoms with Crippen molar-refractivity contribution in [3.63, 3.8) is 0 Å². The van der Waals surface area contributed by atoms with Crippen molar-refractivity contribution in [3.05, 3.63) is 48.6 Å². The molecule has 0 aromatic carbocycles. The highest BCUT2D eigenvalue weighted by Crippen LogP contribution is 2.33. The maximum Gasteiger partial charge on any atom is 0.220 e. The molecule has 430 valence electrons.